The highest BCUT2D eigenvalue weighted by Crippen LogP contribution is 2.14. The summed E-state index contributed by atoms with van der Waals surface area (Å²) in [6, 6.07) is 8.40. The van der Waals surface area contributed by atoms with Gasteiger partial charge >= 0.3 is 0 Å². The van der Waals surface area contributed by atoms with E-state index in [4.69, 9.17) is 0 Å². The lowest BCUT2D eigenvalue weighted by molar-refractivity contribution is -0.121. The molecule has 110 valence electrons. The van der Waals surface area contributed by atoms with E-state index in [0.29, 0.717) is 12.8 Å². The van der Waals surface area contributed by atoms with Gasteiger partial charge in [0.05, 0.1) is 6.04 Å². The van der Waals surface area contributed by atoms with Crippen molar-refractivity contribution in [3.8, 4) is 0 Å². The molecule has 1 aromatic carbocycles. The number of hydrogen-bond acceptors (Lipinski definition) is 3. The number of hydrogen-bond donors (Lipinski definition) is 1. The van der Waals surface area contributed by atoms with E-state index in [0.717, 1.165) is 17.5 Å². The summed E-state index contributed by atoms with van der Waals surface area (Å²) in [5.74, 6) is 0.0471. The third kappa shape index (κ3) is 4.67. The summed E-state index contributed by atoms with van der Waals surface area (Å²) in [7, 11) is 0. The number of rotatable bonds is 6. The van der Waals surface area contributed by atoms with E-state index in [9.17, 15) is 4.79 Å². The highest BCUT2D eigenvalue weighted by Gasteiger charge is 2.09. The molecule has 1 aromatic heterocycles. The van der Waals surface area contributed by atoms with Crippen LogP contribution in [0.4, 0.5) is 0 Å². The second-order valence-electron chi connectivity index (χ2n) is 5.13. The Bertz CT molecular complexity index is 566. The average molecular weight is 283 g/mol. The molecule has 0 saturated heterocycles. The largest absolute Gasteiger partial charge is 0.350 e. The van der Waals surface area contributed by atoms with E-state index in [1.165, 1.54) is 11.9 Å². The first-order valence-electron chi connectivity index (χ1n) is 7.31. The van der Waals surface area contributed by atoms with Gasteiger partial charge in [-0.15, -0.1) is 0 Å². The van der Waals surface area contributed by atoms with Crippen molar-refractivity contribution in [2.75, 3.05) is 0 Å². The summed E-state index contributed by atoms with van der Waals surface area (Å²) in [4.78, 5) is 19.9. The summed E-state index contributed by atoms with van der Waals surface area (Å²) in [5.41, 5.74) is 3.41. The van der Waals surface area contributed by atoms with Crippen molar-refractivity contribution in [2.24, 2.45) is 0 Å². The molecule has 0 aliphatic heterocycles. The van der Waals surface area contributed by atoms with Crippen molar-refractivity contribution in [1.82, 2.24) is 15.3 Å². The normalized spacial score (nSPS) is 11.9. The Balaban J connectivity index is 1.83. The molecule has 0 fully saturated rings. The molecule has 1 N–H and O–H groups in total. The smallest absolute Gasteiger partial charge is 0.220 e. The van der Waals surface area contributed by atoms with Crippen LogP contribution in [0.25, 0.3) is 0 Å². The predicted molar refractivity (Wildman–Crippen MR) is 82.7 cm³/mol. The lowest BCUT2D eigenvalue weighted by Gasteiger charge is -2.14. The second-order valence-corrected chi connectivity index (χ2v) is 5.13. The molecule has 4 heteroatoms. The van der Waals surface area contributed by atoms with E-state index in [2.05, 4.69) is 46.5 Å². The minimum Gasteiger partial charge on any atom is -0.350 e. The maximum Gasteiger partial charge on any atom is 0.220 e. The Morgan fingerprint density at radius 1 is 1.14 bits per heavy atom. The van der Waals surface area contributed by atoms with E-state index in [-0.39, 0.29) is 11.9 Å². The van der Waals surface area contributed by atoms with Crippen LogP contribution in [0.1, 0.15) is 43.0 Å². The average Bonchev–Trinajstić information content (AvgIpc) is 2.54. The number of aromatic nitrogens is 2. The van der Waals surface area contributed by atoms with Crippen LogP contribution in [0.2, 0.25) is 0 Å². The third-order valence-corrected chi connectivity index (χ3v) is 3.52. The highest BCUT2D eigenvalue weighted by molar-refractivity contribution is 5.76. The van der Waals surface area contributed by atoms with E-state index < -0.39 is 0 Å². The monoisotopic (exact) mass is 283 g/mol. The number of nitrogens with one attached hydrogen (secondary N) is 1. The molecule has 0 bridgehead atoms. The van der Waals surface area contributed by atoms with Crippen LogP contribution in [0.15, 0.2) is 43.0 Å². The Hall–Kier alpha value is -2.23. The number of amides is 1. The summed E-state index contributed by atoms with van der Waals surface area (Å²) >= 11 is 0. The zero-order valence-corrected chi connectivity index (χ0v) is 12.5. The Morgan fingerprint density at radius 3 is 2.43 bits per heavy atom. The Kier molecular flexibility index (Phi) is 5.43. The van der Waals surface area contributed by atoms with Crippen LogP contribution in [0.5, 0.6) is 0 Å². The van der Waals surface area contributed by atoms with Gasteiger partial charge in [-0.05, 0) is 36.5 Å². The van der Waals surface area contributed by atoms with Crippen molar-refractivity contribution in [3.63, 3.8) is 0 Å². The maximum atomic E-state index is 12.0. The van der Waals surface area contributed by atoms with E-state index >= 15 is 0 Å². The van der Waals surface area contributed by atoms with Gasteiger partial charge in [-0.3, -0.25) is 4.79 Å². The molecule has 4 nitrogen and oxygen atoms in total. The number of aryl methyl sites for hydroxylation is 2. The quantitative estimate of drug-likeness (QED) is 0.887. The summed E-state index contributed by atoms with van der Waals surface area (Å²) in [5, 5.41) is 3.02. The standard InChI is InChI=1S/C17H21N3O/c1-3-14-4-7-16(8-5-14)13(2)20-17(21)9-6-15-10-18-12-19-11-15/h4-5,7-8,10-13H,3,6,9H2,1-2H3,(H,20,21). The molecule has 1 atom stereocenters. The first-order chi connectivity index (χ1) is 10.2. The fourth-order valence-electron chi connectivity index (χ4n) is 2.16. The van der Waals surface area contributed by atoms with Crippen LogP contribution >= 0.6 is 0 Å². The fourth-order valence-corrected chi connectivity index (χ4v) is 2.16. The van der Waals surface area contributed by atoms with Crippen LogP contribution in [0.3, 0.4) is 0 Å². The Morgan fingerprint density at radius 2 is 1.81 bits per heavy atom. The van der Waals surface area contributed by atoms with Crippen molar-refractivity contribution in [2.45, 2.75) is 39.2 Å². The summed E-state index contributed by atoms with van der Waals surface area (Å²) in [6.07, 6.45) is 7.12. The molecule has 0 saturated carbocycles. The van der Waals surface area contributed by atoms with Crippen molar-refractivity contribution in [3.05, 3.63) is 59.7 Å². The van der Waals surface area contributed by atoms with Crippen LogP contribution in [0, 0.1) is 0 Å². The first-order valence-corrected chi connectivity index (χ1v) is 7.31. The van der Waals surface area contributed by atoms with Crippen LogP contribution < -0.4 is 5.32 Å². The number of nitrogens with zero attached hydrogens (tertiary/aromatic N) is 2. The van der Waals surface area contributed by atoms with Gasteiger partial charge in [0.2, 0.25) is 5.91 Å². The molecule has 2 aromatic rings. The Labute approximate surface area is 125 Å². The van der Waals surface area contributed by atoms with Gasteiger partial charge < -0.3 is 5.32 Å². The van der Waals surface area contributed by atoms with E-state index in [1.807, 2.05) is 6.92 Å². The van der Waals surface area contributed by atoms with Gasteiger partial charge in [0.15, 0.2) is 0 Å². The van der Waals surface area contributed by atoms with Gasteiger partial charge in [0, 0.05) is 18.8 Å². The molecule has 0 radical (unpaired) electrons. The van der Waals surface area contributed by atoms with Gasteiger partial charge in [-0.2, -0.15) is 0 Å². The summed E-state index contributed by atoms with van der Waals surface area (Å²) < 4.78 is 0. The van der Waals surface area contributed by atoms with Crippen molar-refractivity contribution < 1.29 is 4.79 Å². The molecule has 1 unspecified atom stereocenters. The second kappa shape index (κ2) is 7.53. The molecular weight excluding hydrogens is 262 g/mol. The molecule has 2 rings (SSSR count). The molecule has 0 aliphatic rings. The van der Waals surface area contributed by atoms with Gasteiger partial charge in [-0.25, -0.2) is 9.97 Å². The molecule has 0 aliphatic carbocycles. The molecule has 0 spiro atoms. The van der Waals surface area contributed by atoms with Crippen LogP contribution in [-0.4, -0.2) is 15.9 Å². The topological polar surface area (TPSA) is 54.9 Å². The maximum absolute atomic E-state index is 12.0. The number of benzene rings is 1. The minimum atomic E-state index is 0.0235. The van der Waals surface area contributed by atoms with Crippen LogP contribution in [-0.2, 0) is 17.6 Å². The number of carbonyl (C=O) groups excluding carboxylic acids is 1. The molecule has 1 amide bonds. The zero-order valence-electron chi connectivity index (χ0n) is 12.5. The summed E-state index contributed by atoms with van der Waals surface area (Å²) in [6.45, 7) is 4.14. The van der Waals surface area contributed by atoms with Gasteiger partial charge in [-0.1, -0.05) is 31.2 Å². The SMILES string of the molecule is CCc1ccc(C(C)NC(=O)CCc2cncnc2)cc1. The molecular formula is C17H21N3O. The first kappa shape index (κ1) is 15.2. The predicted octanol–water partition coefficient (Wildman–Crippen LogP) is 2.85. The molecule has 21 heavy (non-hydrogen) atoms. The van der Waals surface area contributed by atoms with Crippen molar-refractivity contribution in [1.29, 1.82) is 0 Å². The highest BCUT2D eigenvalue weighted by atomic mass is 16.1. The minimum absolute atomic E-state index is 0.0235. The lowest BCUT2D eigenvalue weighted by atomic mass is 10.0. The zero-order chi connectivity index (χ0) is 15.1. The van der Waals surface area contributed by atoms with Gasteiger partial charge in [0.25, 0.3) is 0 Å². The third-order valence-electron chi connectivity index (χ3n) is 3.52. The number of carbonyl (C=O) groups is 1. The van der Waals surface area contributed by atoms with Crippen molar-refractivity contribution >= 4 is 5.91 Å². The fraction of sp³-hybridized carbons (Fsp3) is 0.353. The lowest BCUT2D eigenvalue weighted by Crippen LogP contribution is -2.26. The van der Waals surface area contributed by atoms with E-state index in [1.54, 1.807) is 12.4 Å². The molecule has 1 heterocycles. The van der Waals surface area contributed by atoms with Gasteiger partial charge in [0.1, 0.15) is 6.33 Å².